The fraction of sp³-hybridized carbons (Fsp3) is 0.571. The molecule has 88 valence electrons. The highest BCUT2D eigenvalue weighted by Gasteiger charge is 2.21. The van der Waals surface area contributed by atoms with Gasteiger partial charge in [-0.05, 0) is 49.3 Å². The fourth-order valence-corrected chi connectivity index (χ4v) is 2.51. The highest BCUT2D eigenvalue weighted by molar-refractivity contribution is 5.29. The molecule has 1 fully saturated rings. The highest BCUT2D eigenvalue weighted by Crippen LogP contribution is 2.34. The number of benzene rings is 1. The molecule has 0 unspecified atom stereocenters. The monoisotopic (exact) mass is 220 g/mol. The van der Waals surface area contributed by atoms with Crippen molar-refractivity contribution >= 4 is 0 Å². The van der Waals surface area contributed by atoms with Crippen LogP contribution in [0.25, 0.3) is 0 Å². The Bertz CT molecular complexity index is 310. The number of hydrogen-bond donors (Lipinski definition) is 0. The summed E-state index contributed by atoms with van der Waals surface area (Å²) < 4.78 is 10.6. The molecule has 1 aliphatic carbocycles. The van der Waals surface area contributed by atoms with Gasteiger partial charge in [-0.1, -0.05) is 12.1 Å². The molecule has 0 amide bonds. The smallest absolute Gasteiger partial charge is 0.118 e. The summed E-state index contributed by atoms with van der Waals surface area (Å²) in [5.74, 6) is 1.65. The lowest BCUT2D eigenvalue weighted by atomic mass is 9.83. The quantitative estimate of drug-likeness (QED) is 0.777. The van der Waals surface area contributed by atoms with Crippen molar-refractivity contribution in [1.29, 1.82) is 0 Å². The van der Waals surface area contributed by atoms with Crippen LogP contribution in [-0.2, 0) is 4.74 Å². The summed E-state index contributed by atoms with van der Waals surface area (Å²) >= 11 is 0. The van der Waals surface area contributed by atoms with Crippen LogP contribution in [0.3, 0.4) is 0 Å². The maximum atomic E-state index is 5.39. The Balaban J connectivity index is 1.97. The van der Waals surface area contributed by atoms with Crippen molar-refractivity contribution in [3.63, 3.8) is 0 Å². The molecule has 0 aromatic heterocycles. The van der Waals surface area contributed by atoms with E-state index >= 15 is 0 Å². The molecule has 2 rings (SSSR count). The zero-order valence-electron chi connectivity index (χ0n) is 10.1. The van der Waals surface area contributed by atoms with Gasteiger partial charge in [0.1, 0.15) is 5.75 Å². The summed E-state index contributed by atoms with van der Waals surface area (Å²) in [6.07, 6.45) is 5.34. The standard InChI is InChI=1S/C14H20O2/c1-15-13-7-3-11(4-8-13)12-5-9-14(16-2)10-6-12/h3-4,7-8,12,14H,5-6,9-10H2,1-2H3/t12-,14-. The summed E-state index contributed by atoms with van der Waals surface area (Å²) in [5.41, 5.74) is 1.44. The zero-order chi connectivity index (χ0) is 11.4. The summed E-state index contributed by atoms with van der Waals surface area (Å²) in [6.45, 7) is 0. The van der Waals surface area contributed by atoms with Crippen LogP contribution >= 0.6 is 0 Å². The molecule has 0 bridgehead atoms. The van der Waals surface area contributed by atoms with E-state index in [1.807, 2.05) is 7.11 Å². The third kappa shape index (κ3) is 2.56. The maximum absolute atomic E-state index is 5.39. The molecule has 1 aromatic rings. The maximum Gasteiger partial charge on any atom is 0.118 e. The van der Waals surface area contributed by atoms with Crippen molar-refractivity contribution in [2.45, 2.75) is 37.7 Å². The number of ether oxygens (including phenoxy) is 2. The molecule has 0 radical (unpaired) electrons. The number of methoxy groups -OCH3 is 2. The number of rotatable bonds is 3. The molecule has 0 spiro atoms. The van der Waals surface area contributed by atoms with E-state index in [-0.39, 0.29) is 0 Å². The first-order valence-corrected chi connectivity index (χ1v) is 6.00. The van der Waals surface area contributed by atoms with Gasteiger partial charge in [-0.15, -0.1) is 0 Å². The summed E-state index contributed by atoms with van der Waals surface area (Å²) in [4.78, 5) is 0. The van der Waals surface area contributed by atoms with Crippen LogP contribution in [-0.4, -0.2) is 20.3 Å². The van der Waals surface area contributed by atoms with E-state index in [0.717, 1.165) is 5.75 Å². The molecular formula is C14H20O2. The van der Waals surface area contributed by atoms with E-state index < -0.39 is 0 Å². The minimum atomic E-state index is 0.481. The second-order valence-corrected chi connectivity index (χ2v) is 4.48. The molecule has 0 heterocycles. The Hall–Kier alpha value is -1.02. The van der Waals surface area contributed by atoms with E-state index in [1.165, 1.54) is 31.2 Å². The average molecular weight is 220 g/mol. The van der Waals surface area contributed by atoms with Gasteiger partial charge >= 0.3 is 0 Å². The van der Waals surface area contributed by atoms with Crippen LogP contribution in [0.2, 0.25) is 0 Å². The lowest BCUT2D eigenvalue weighted by molar-refractivity contribution is 0.0658. The molecule has 2 nitrogen and oxygen atoms in total. The van der Waals surface area contributed by atoms with E-state index in [0.29, 0.717) is 12.0 Å². The topological polar surface area (TPSA) is 18.5 Å². The molecule has 16 heavy (non-hydrogen) atoms. The van der Waals surface area contributed by atoms with Gasteiger partial charge in [0.05, 0.1) is 13.2 Å². The third-order valence-corrected chi connectivity index (χ3v) is 3.59. The van der Waals surface area contributed by atoms with Gasteiger partial charge in [0.25, 0.3) is 0 Å². The van der Waals surface area contributed by atoms with Crippen molar-refractivity contribution in [1.82, 2.24) is 0 Å². The first-order chi connectivity index (χ1) is 7.83. The van der Waals surface area contributed by atoms with Crippen molar-refractivity contribution < 1.29 is 9.47 Å². The molecule has 0 atom stereocenters. The van der Waals surface area contributed by atoms with Crippen molar-refractivity contribution in [3.8, 4) is 5.75 Å². The van der Waals surface area contributed by atoms with Crippen molar-refractivity contribution in [3.05, 3.63) is 29.8 Å². The van der Waals surface area contributed by atoms with Gasteiger partial charge in [-0.2, -0.15) is 0 Å². The van der Waals surface area contributed by atoms with E-state index in [4.69, 9.17) is 9.47 Å². The van der Waals surface area contributed by atoms with Crippen LogP contribution in [0, 0.1) is 0 Å². The van der Waals surface area contributed by atoms with Gasteiger partial charge in [-0.25, -0.2) is 0 Å². The predicted octanol–water partition coefficient (Wildman–Crippen LogP) is 3.37. The van der Waals surface area contributed by atoms with Crippen molar-refractivity contribution in [2.24, 2.45) is 0 Å². The molecule has 1 aliphatic rings. The second kappa shape index (κ2) is 5.35. The Kier molecular flexibility index (Phi) is 3.83. The van der Waals surface area contributed by atoms with Gasteiger partial charge in [-0.3, -0.25) is 0 Å². The third-order valence-electron chi connectivity index (χ3n) is 3.59. The van der Waals surface area contributed by atoms with Crippen molar-refractivity contribution in [2.75, 3.05) is 14.2 Å². The van der Waals surface area contributed by atoms with E-state index in [9.17, 15) is 0 Å². The van der Waals surface area contributed by atoms with E-state index in [1.54, 1.807) is 7.11 Å². The molecule has 2 heteroatoms. The Morgan fingerprint density at radius 2 is 1.56 bits per heavy atom. The first kappa shape index (κ1) is 11.5. The van der Waals surface area contributed by atoms with Crippen LogP contribution < -0.4 is 4.74 Å². The van der Waals surface area contributed by atoms with Crippen LogP contribution in [0.15, 0.2) is 24.3 Å². The number of hydrogen-bond acceptors (Lipinski definition) is 2. The average Bonchev–Trinajstić information content (AvgIpc) is 2.39. The SMILES string of the molecule is COc1ccc([C@H]2CC[C@H](OC)CC2)cc1. The van der Waals surface area contributed by atoms with Gasteiger partial charge in [0, 0.05) is 7.11 Å². The Labute approximate surface area is 97.6 Å². The second-order valence-electron chi connectivity index (χ2n) is 4.48. The first-order valence-electron chi connectivity index (χ1n) is 6.00. The largest absolute Gasteiger partial charge is 0.497 e. The normalized spacial score (nSPS) is 25.4. The minimum Gasteiger partial charge on any atom is -0.497 e. The molecule has 0 N–H and O–H groups in total. The fourth-order valence-electron chi connectivity index (χ4n) is 2.51. The Morgan fingerprint density at radius 3 is 2.06 bits per heavy atom. The highest BCUT2D eigenvalue weighted by atomic mass is 16.5. The lowest BCUT2D eigenvalue weighted by Crippen LogP contribution is -2.19. The summed E-state index contributed by atoms with van der Waals surface area (Å²) in [7, 11) is 3.52. The Morgan fingerprint density at radius 1 is 0.938 bits per heavy atom. The minimum absolute atomic E-state index is 0.481. The lowest BCUT2D eigenvalue weighted by Gasteiger charge is -2.27. The summed E-state index contributed by atoms with van der Waals surface area (Å²) in [6, 6.07) is 8.49. The van der Waals surface area contributed by atoms with Crippen LogP contribution in [0.4, 0.5) is 0 Å². The van der Waals surface area contributed by atoms with Crippen LogP contribution in [0.1, 0.15) is 37.2 Å². The molecule has 1 saturated carbocycles. The molecule has 0 saturated heterocycles. The van der Waals surface area contributed by atoms with E-state index in [2.05, 4.69) is 24.3 Å². The molecular weight excluding hydrogens is 200 g/mol. The van der Waals surface area contributed by atoms with Crippen LogP contribution in [0.5, 0.6) is 5.75 Å². The van der Waals surface area contributed by atoms with Gasteiger partial charge in [0.15, 0.2) is 0 Å². The zero-order valence-corrected chi connectivity index (χ0v) is 10.1. The molecule has 1 aromatic carbocycles. The predicted molar refractivity (Wildman–Crippen MR) is 65.0 cm³/mol. The summed E-state index contributed by atoms with van der Waals surface area (Å²) in [5, 5.41) is 0. The van der Waals surface area contributed by atoms with Gasteiger partial charge < -0.3 is 9.47 Å². The van der Waals surface area contributed by atoms with Gasteiger partial charge in [0.2, 0.25) is 0 Å². The molecule has 0 aliphatic heterocycles.